The minimum absolute atomic E-state index is 0.0538. The van der Waals surface area contributed by atoms with Gasteiger partial charge >= 0.3 is 5.97 Å². The lowest BCUT2D eigenvalue weighted by atomic mass is 9.89. The van der Waals surface area contributed by atoms with Gasteiger partial charge in [-0.2, -0.15) is 0 Å². The van der Waals surface area contributed by atoms with E-state index in [1.54, 1.807) is 13.8 Å². The first-order valence-corrected chi connectivity index (χ1v) is 6.53. The average Bonchev–Trinajstić information content (AvgIpc) is 2.67. The molecule has 1 atom stereocenters. The van der Waals surface area contributed by atoms with Crippen LogP contribution in [0.4, 0.5) is 0 Å². The molecule has 0 aromatic heterocycles. The van der Waals surface area contributed by atoms with Gasteiger partial charge in [-0.05, 0) is 19.4 Å². The molecule has 1 heterocycles. The number of ether oxygens (including phenoxy) is 1. The van der Waals surface area contributed by atoms with Gasteiger partial charge in [0.1, 0.15) is 5.41 Å². The van der Waals surface area contributed by atoms with E-state index in [0.717, 1.165) is 5.56 Å². The first-order chi connectivity index (χ1) is 9.06. The maximum atomic E-state index is 12.1. The molecule has 1 aliphatic heterocycles. The molecule has 0 N–H and O–H groups in total. The molecule has 1 aromatic carbocycles. The molecular weight excluding hydrogens is 242 g/mol. The molecule has 2 rings (SSSR count). The van der Waals surface area contributed by atoms with E-state index in [1.807, 2.05) is 35.2 Å². The van der Waals surface area contributed by atoms with E-state index in [1.165, 1.54) is 0 Å². The highest BCUT2D eigenvalue weighted by Crippen LogP contribution is 2.29. The zero-order valence-electron chi connectivity index (χ0n) is 11.4. The van der Waals surface area contributed by atoms with E-state index in [0.29, 0.717) is 26.2 Å². The van der Waals surface area contributed by atoms with Crippen molar-refractivity contribution < 1.29 is 14.3 Å². The summed E-state index contributed by atoms with van der Waals surface area (Å²) >= 11 is 0. The highest BCUT2D eigenvalue weighted by atomic mass is 16.5. The molecule has 1 unspecified atom stereocenters. The molecule has 0 spiro atoms. The molecule has 1 saturated heterocycles. The predicted molar refractivity (Wildman–Crippen MR) is 71.5 cm³/mol. The van der Waals surface area contributed by atoms with Crippen LogP contribution in [-0.2, 0) is 20.9 Å². The van der Waals surface area contributed by atoms with Gasteiger partial charge in [-0.1, -0.05) is 30.3 Å². The van der Waals surface area contributed by atoms with Crippen LogP contribution in [0.3, 0.4) is 0 Å². The molecular formula is C15H19NO3. The normalized spacial score (nSPS) is 23.6. The van der Waals surface area contributed by atoms with E-state index in [9.17, 15) is 9.59 Å². The first kappa shape index (κ1) is 13.7. The minimum atomic E-state index is -1.01. The fourth-order valence-electron chi connectivity index (χ4n) is 2.39. The van der Waals surface area contributed by atoms with Crippen LogP contribution < -0.4 is 0 Å². The highest BCUT2D eigenvalue weighted by Gasteiger charge is 2.48. The van der Waals surface area contributed by atoms with Crippen LogP contribution in [0.5, 0.6) is 0 Å². The molecule has 4 nitrogen and oxygen atoms in total. The molecule has 1 fully saturated rings. The van der Waals surface area contributed by atoms with Gasteiger partial charge in [0.2, 0.25) is 0 Å². The van der Waals surface area contributed by atoms with Crippen molar-refractivity contribution in [1.29, 1.82) is 0 Å². The summed E-state index contributed by atoms with van der Waals surface area (Å²) in [6.07, 6.45) is 0. The zero-order valence-corrected chi connectivity index (χ0v) is 11.4. The van der Waals surface area contributed by atoms with Crippen molar-refractivity contribution >= 4 is 11.8 Å². The van der Waals surface area contributed by atoms with Crippen molar-refractivity contribution in [2.45, 2.75) is 20.4 Å². The van der Waals surface area contributed by atoms with Crippen molar-refractivity contribution in [1.82, 2.24) is 4.90 Å². The molecule has 0 saturated carbocycles. The Balaban J connectivity index is 2.05. The summed E-state index contributed by atoms with van der Waals surface area (Å²) in [5, 5.41) is 0. The zero-order chi connectivity index (χ0) is 13.9. The number of rotatable bonds is 4. The summed E-state index contributed by atoms with van der Waals surface area (Å²) in [5.41, 5.74) is 0.133. The lowest BCUT2D eigenvalue weighted by Crippen LogP contribution is -2.37. The van der Waals surface area contributed by atoms with Crippen LogP contribution in [0.1, 0.15) is 19.4 Å². The molecule has 0 amide bonds. The Labute approximate surface area is 113 Å². The third-order valence-corrected chi connectivity index (χ3v) is 3.50. The van der Waals surface area contributed by atoms with Crippen molar-refractivity contribution in [3.8, 4) is 0 Å². The van der Waals surface area contributed by atoms with Gasteiger partial charge in [0.05, 0.1) is 13.2 Å². The number of Topliss-reactive ketones (excluding diaryl/α,β-unsaturated/α-hetero) is 1. The second-order valence-electron chi connectivity index (χ2n) is 5.11. The van der Waals surface area contributed by atoms with Gasteiger partial charge < -0.3 is 4.74 Å². The number of benzene rings is 1. The quantitative estimate of drug-likeness (QED) is 0.610. The Morgan fingerprint density at radius 1 is 1.37 bits per heavy atom. The van der Waals surface area contributed by atoms with E-state index >= 15 is 0 Å². The van der Waals surface area contributed by atoms with Gasteiger partial charge in [0, 0.05) is 13.1 Å². The maximum absolute atomic E-state index is 12.1. The molecule has 4 heteroatoms. The second kappa shape index (κ2) is 5.53. The van der Waals surface area contributed by atoms with Gasteiger partial charge in [0.25, 0.3) is 0 Å². The summed E-state index contributed by atoms with van der Waals surface area (Å²) in [4.78, 5) is 26.0. The van der Waals surface area contributed by atoms with E-state index in [-0.39, 0.29) is 5.78 Å². The number of likely N-dealkylation sites (tertiary alicyclic amines) is 1. The molecule has 0 radical (unpaired) electrons. The number of carbonyl (C=O) groups excluding carboxylic acids is 2. The van der Waals surface area contributed by atoms with E-state index in [4.69, 9.17) is 4.74 Å². The van der Waals surface area contributed by atoms with E-state index in [2.05, 4.69) is 0 Å². The maximum Gasteiger partial charge on any atom is 0.320 e. The number of esters is 1. The largest absolute Gasteiger partial charge is 0.465 e. The summed E-state index contributed by atoms with van der Waals surface area (Å²) < 4.78 is 5.01. The minimum Gasteiger partial charge on any atom is -0.465 e. The topological polar surface area (TPSA) is 46.6 Å². The average molecular weight is 261 g/mol. The van der Waals surface area contributed by atoms with Crippen molar-refractivity contribution in [2.75, 3.05) is 19.7 Å². The van der Waals surface area contributed by atoms with Crippen molar-refractivity contribution in [3.05, 3.63) is 35.9 Å². The third-order valence-electron chi connectivity index (χ3n) is 3.50. The van der Waals surface area contributed by atoms with Crippen LogP contribution in [0, 0.1) is 5.41 Å². The number of hydrogen-bond acceptors (Lipinski definition) is 4. The summed E-state index contributed by atoms with van der Waals surface area (Å²) in [6.45, 7) is 5.16. The summed E-state index contributed by atoms with van der Waals surface area (Å²) in [5.74, 6) is -0.461. The Kier molecular flexibility index (Phi) is 4.00. The van der Waals surface area contributed by atoms with Crippen LogP contribution in [0.2, 0.25) is 0 Å². The van der Waals surface area contributed by atoms with Gasteiger partial charge in [0.15, 0.2) is 5.78 Å². The SMILES string of the molecule is CCOC(=O)C1(C)CN(Cc2ccccc2)CC1=O. The molecule has 1 aliphatic rings. The standard InChI is InChI=1S/C15H19NO3/c1-3-19-14(18)15(2)11-16(10-13(15)17)9-12-7-5-4-6-8-12/h4-8H,3,9-11H2,1-2H3. The van der Waals surface area contributed by atoms with Crippen molar-refractivity contribution in [3.63, 3.8) is 0 Å². The smallest absolute Gasteiger partial charge is 0.320 e. The lowest BCUT2D eigenvalue weighted by molar-refractivity contribution is -0.156. The van der Waals surface area contributed by atoms with Crippen molar-refractivity contribution in [2.24, 2.45) is 5.41 Å². The monoisotopic (exact) mass is 261 g/mol. The summed E-state index contributed by atoms with van der Waals surface area (Å²) in [7, 11) is 0. The van der Waals surface area contributed by atoms with Gasteiger partial charge in [-0.25, -0.2) is 0 Å². The van der Waals surface area contributed by atoms with Crippen LogP contribution >= 0.6 is 0 Å². The van der Waals surface area contributed by atoms with Gasteiger partial charge in [-0.3, -0.25) is 14.5 Å². The molecule has 1 aromatic rings. The fourth-order valence-corrected chi connectivity index (χ4v) is 2.39. The molecule has 0 bridgehead atoms. The highest BCUT2D eigenvalue weighted by molar-refractivity contribution is 6.06. The van der Waals surface area contributed by atoms with E-state index < -0.39 is 11.4 Å². The molecule has 0 aliphatic carbocycles. The molecule has 102 valence electrons. The van der Waals surface area contributed by atoms with Crippen LogP contribution in [0.25, 0.3) is 0 Å². The lowest BCUT2D eigenvalue weighted by Gasteiger charge is -2.21. The number of hydrogen-bond donors (Lipinski definition) is 0. The Morgan fingerprint density at radius 3 is 2.68 bits per heavy atom. The molecule has 19 heavy (non-hydrogen) atoms. The van der Waals surface area contributed by atoms with Gasteiger partial charge in [-0.15, -0.1) is 0 Å². The van der Waals surface area contributed by atoms with Crippen LogP contribution in [-0.4, -0.2) is 36.3 Å². The number of carbonyl (C=O) groups is 2. The number of ketones is 1. The number of nitrogens with zero attached hydrogens (tertiary/aromatic N) is 1. The van der Waals surface area contributed by atoms with Crippen LogP contribution in [0.15, 0.2) is 30.3 Å². The Morgan fingerprint density at radius 2 is 2.05 bits per heavy atom. The second-order valence-corrected chi connectivity index (χ2v) is 5.11. The Hall–Kier alpha value is -1.68. The summed E-state index contributed by atoms with van der Waals surface area (Å²) in [6, 6.07) is 9.94. The third kappa shape index (κ3) is 2.84. The predicted octanol–water partition coefficient (Wildman–Crippen LogP) is 1.64. The Bertz CT molecular complexity index is 472. The first-order valence-electron chi connectivity index (χ1n) is 6.53. The fraction of sp³-hybridized carbons (Fsp3) is 0.467.